The maximum Gasteiger partial charge on any atom is 0.202 e. The van der Waals surface area contributed by atoms with Crippen molar-refractivity contribution in [3.05, 3.63) is 99.1 Å². The maximum atomic E-state index is 12.6. The van der Waals surface area contributed by atoms with E-state index in [-0.39, 0.29) is 62.6 Å². The summed E-state index contributed by atoms with van der Waals surface area (Å²) in [5, 5.41) is 58.9. The molecule has 0 saturated heterocycles. The molecular weight excluding hydrogens is 532 g/mol. The highest BCUT2D eigenvalue weighted by Gasteiger charge is 2.39. The summed E-state index contributed by atoms with van der Waals surface area (Å²) in [7, 11) is 1.58. The number of fused-ring (bicyclic) bond motifs is 2. The number of aryl methyl sites for hydroxylation is 2. The van der Waals surface area contributed by atoms with E-state index < -0.39 is 34.6 Å². The number of carbonyl (C=O) groups is 3. The number of methoxy groups -OCH3 is 1. The number of ether oxygens (including phenoxy) is 1. The van der Waals surface area contributed by atoms with Crippen LogP contribution in [0.3, 0.4) is 0 Å². The van der Waals surface area contributed by atoms with Crippen molar-refractivity contribution in [1.82, 2.24) is 0 Å². The zero-order valence-electron chi connectivity index (χ0n) is 22.2. The fourth-order valence-electron chi connectivity index (χ4n) is 4.51. The topological polar surface area (TPSA) is 182 Å². The van der Waals surface area contributed by atoms with Gasteiger partial charge in [-0.2, -0.15) is 0 Å². The predicted octanol–water partition coefficient (Wildman–Crippen LogP) is 4.43. The predicted molar refractivity (Wildman–Crippen MR) is 147 cm³/mol. The number of phenolic OH excluding ortho intramolecular Hbond substituents is 6. The van der Waals surface area contributed by atoms with Crippen LogP contribution >= 0.6 is 0 Å². The van der Waals surface area contributed by atoms with Crippen LogP contribution in [0.5, 0.6) is 40.2 Å². The molecule has 1 aliphatic carbocycles. The zero-order valence-corrected chi connectivity index (χ0v) is 22.2. The van der Waals surface area contributed by atoms with Crippen molar-refractivity contribution in [2.75, 3.05) is 7.11 Å². The van der Waals surface area contributed by atoms with Crippen molar-refractivity contribution < 1.29 is 49.8 Å². The highest BCUT2D eigenvalue weighted by Crippen LogP contribution is 2.45. The summed E-state index contributed by atoms with van der Waals surface area (Å²) >= 11 is 0. The van der Waals surface area contributed by atoms with Gasteiger partial charge in [0.05, 0.1) is 34.9 Å². The van der Waals surface area contributed by atoms with Crippen molar-refractivity contribution in [3.63, 3.8) is 0 Å². The lowest BCUT2D eigenvalue weighted by molar-refractivity contribution is 0.0969. The van der Waals surface area contributed by atoms with Crippen LogP contribution in [0, 0.1) is 13.8 Å². The van der Waals surface area contributed by atoms with Gasteiger partial charge < -0.3 is 35.4 Å². The first-order valence-electron chi connectivity index (χ1n) is 12.2. The van der Waals surface area contributed by atoms with Gasteiger partial charge in [-0.15, -0.1) is 0 Å². The summed E-state index contributed by atoms with van der Waals surface area (Å²) in [4.78, 5) is 37.2. The van der Waals surface area contributed by atoms with E-state index in [2.05, 4.69) is 0 Å². The van der Waals surface area contributed by atoms with Gasteiger partial charge in [-0.1, -0.05) is 12.1 Å². The molecule has 6 N–H and O–H groups in total. The second-order valence-electron chi connectivity index (χ2n) is 9.43. The van der Waals surface area contributed by atoms with Crippen molar-refractivity contribution in [1.29, 1.82) is 0 Å². The largest absolute Gasteiger partial charge is 0.508 e. The van der Waals surface area contributed by atoms with E-state index >= 15 is 0 Å². The molecule has 10 nitrogen and oxygen atoms in total. The van der Waals surface area contributed by atoms with Crippen LogP contribution in [-0.4, -0.2) is 55.1 Å². The Morgan fingerprint density at radius 3 is 1.59 bits per heavy atom. The SMILES string of the molecule is COc1ccc(CC(=O)c2ccc(O)cc2O)cc1.Cc1cc(O)c2c(c1O)C(=O)c1c(O)cc(C)c(O)c1C2=O. The number of hydrogen-bond acceptors (Lipinski definition) is 10. The summed E-state index contributed by atoms with van der Waals surface area (Å²) in [6.07, 6.45) is 0.183. The molecule has 210 valence electrons. The Balaban J connectivity index is 0.000000191. The third kappa shape index (κ3) is 5.22. The third-order valence-corrected chi connectivity index (χ3v) is 6.65. The Morgan fingerprint density at radius 2 is 1.15 bits per heavy atom. The second-order valence-corrected chi connectivity index (χ2v) is 9.43. The smallest absolute Gasteiger partial charge is 0.202 e. The average Bonchev–Trinajstić information content (AvgIpc) is 2.92. The standard InChI is InChI=1S/C16H12O6.C15H14O4/c1-5-3-7(17)9-11(13(5)19)15(21)10-8(18)4-6(2)14(20)12(10)16(9)22;1-19-12-5-2-10(3-6-12)8-14(17)13-7-4-11(16)9-15(13)18/h3-4,17-20H,1-2H3;2-7,9,16,18H,8H2,1H3. The van der Waals surface area contributed by atoms with E-state index in [0.29, 0.717) is 0 Å². The number of Topliss-reactive ketones (excluding diaryl/α,β-unsaturated/α-hetero) is 1. The van der Waals surface area contributed by atoms with E-state index in [1.807, 2.05) is 0 Å². The summed E-state index contributed by atoms with van der Waals surface area (Å²) in [6, 6.07) is 13.4. The number of ketones is 3. The molecule has 0 amide bonds. The van der Waals surface area contributed by atoms with Gasteiger partial charge in [0.2, 0.25) is 11.6 Å². The van der Waals surface area contributed by atoms with E-state index in [4.69, 9.17) is 4.74 Å². The molecule has 0 saturated carbocycles. The Kier molecular flexibility index (Phi) is 7.60. The van der Waals surface area contributed by atoms with Gasteiger partial charge in [-0.25, -0.2) is 0 Å². The first-order valence-corrected chi connectivity index (χ1v) is 12.2. The lowest BCUT2D eigenvalue weighted by atomic mass is 9.80. The molecule has 0 bridgehead atoms. The fourth-order valence-corrected chi connectivity index (χ4v) is 4.51. The number of carbonyl (C=O) groups excluding carboxylic acids is 3. The highest BCUT2D eigenvalue weighted by molar-refractivity contribution is 6.32. The zero-order chi connectivity index (χ0) is 30.2. The van der Waals surface area contributed by atoms with Crippen molar-refractivity contribution in [2.24, 2.45) is 0 Å². The van der Waals surface area contributed by atoms with Gasteiger partial charge in [-0.05, 0) is 66.9 Å². The van der Waals surface area contributed by atoms with Crippen LogP contribution < -0.4 is 4.74 Å². The van der Waals surface area contributed by atoms with Gasteiger partial charge in [0.1, 0.15) is 40.2 Å². The fraction of sp³-hybridized carbons (Fsp3) is 0.129. The van der Waals surface area contributed by atoms with Crippen LogP contribution in [0.25, 0.3) is 0 Å². The van der Waals surface area contributed by atoms with Crippen LogP contribution in [0.4, 0.5) is 0 Å². The van der Waals surface area contributed by atoms with Crippen molar-refractivity contribution in [2.45, 2.75) is 20.3 Å². The van der Waals surface area contributed by atoms with E-state index in [1.165, 1.54) is 26.0 Å². The van der Waals surface area contributed by atoms with Gasteiger partial charge in [0.25, 0.3) is 0 Å². The van der Waals surface area contributed by atoms with Crippen molar-refractivity contribution >= 4 is 17.3 Å². The number of aromatic hydroxyl groups is 6. The molecule has 0 heterocycles. The average molecular weight is 559 g/mol. The maximum absolute atomic E-state index is 12.6. The molecule has 0 aliphatic heterocycles. The molecule has 0 unspecified atom stereocenters. The number of phenols is 6. The number of benzene rings is 4. The molecule has 4 aromatic rings. The summed E-state index contributed by atoms with van der Waals surface area (Å²) < 4.78 is 5.04. The van der Waals surface area contributed by atoms with Gasteiger partial charge in [0.15, 0.2) is 5.78 Å². The molecule has 4 aromatic carbocycles. The highest BCUT2D eigenvalue weighted by atomic mass is 16.5. The number of hydrogen-bond donors (Lipinski definition) is 6. The minimum atomic E-state index is -0.825. The molecule has 0 atom stereocenters. The Hall–Kier alpha value is -5.51. The monoisotopic (exact) mass is 558 g/mol. The molecule has 0 radical (unpaired) electrons. The molecule has 0 fully saturated rings. The van der Waals surface area contributed by atoms with Gasteiger partial charge >= 0.3 is 0 Å². The lowest BCUT2D eigenvalue weighted by Gasteiger charge is -2.22. The number of rotatable bonds is 4. The molecule has 41 heavy (non-hydrogen) atoms. The van der Waals surface area contributed by atoms with E-state index in [1.54, 1.807) is 31.4 Å². The third-order valence-electron chi connectivity index (χ3n) is 6.65. The molecule has 1 aliphatic rings. The Morgan fingerprint density at radius 1 is 0.659 bits per heavy atom. The van der Waals surface area contributed by atoms with Crippen molar-refractivity contribution in [3.8, 4) is 40.2 Å². The van der Waals surface area contributed by atoms with Gasteiger partial charge in [0, 0.05) is 12.5 Å². The lowest BCUT2D eigenvalue weighted by Crippen LogP contribution is -2.22. The van der Waals surface area contributed by atoms with E-state index in [9.17, 15) is 45.0 Å². The van der Waals surface area contributed by atoms with Crippen LogP contribution in [0.1, 0.15) is 58.9 Å². The minimum absolute atomic E-state index is 0.0708. The normalized spacial score (nSPS) is 11.7. The Labute approximate surface area is 234 Å². The first-order chi connectivity index (χ1) is 19.3. The molecule has 5 rings (SSSR count). The van der Waals surface area contributed by atoms with Crippen LogP contribution in [-0.2, 0) is 6.42 Å². The first kappa shape index (κ1) is 28.5. The quantitative estimate of drug-likeness (QED) is 0.136. The summed E-state index contributed by atoms with van der Waals surface area (Å²) in [6.45, 7) is 2.93. The molecule has 0 spiro atoms. The summed E-state index contributed by atoms with van der Waals surface area (Å²) in [5.74, 6) is -3.21. The van der Waals surface area contributed by atoms with E-state index in [0.717, 1.165) is 29.5 Å². The molecule has 0 aromatic heterocycles. The molecular formula is C31H26O10. The second kappa shape index (κ2) is 10.9. The van der Waals surface area contributed by atoms with Crippen LogP contribution in [0.2, 0.25) is 0 Å². The molecule has 10 heteroatoms. The summed E-state index contributed by atoms with van der Waals surface area (Å²) in [5.41, 5.74) is -0.0100. The van der Waals surface area contributed by atoms with Gasteiger partial charge in [-0.3, -0.25) is 14.4 Å². The van der Waals surface area contributed by atoms with Crippen LogP contribution in [0.15, 0.2) is 54.6 Å². The minimum Gasteiger partial charge on any atom is -0.508 e. The Bertz CT molecular complexity index is 1650.